The first-order chi connectivity index (χ1) is 24.9. The Morgan fingerprint density at radius 3 is 1.42 bits per heavy atom. The van der Waals surface area contributed by atoms with Gasteiger partial charge in [-0.15, -0.1) is 0 Å². The van der Waals surface area contributed by atoms with Crippen molar-refractivity contribution in [2.45, 2.75) is 67.8 Å². The molecule has 4 rings (SSSR count). The molecule has 0 aromatic carbocycles. The molecule has 2 saturated heterocycles. The molecule has 53 heavy (non-hydrogen) atoms. The number of nitrogens with zero attached hydrogens (tertiary/aromatic N) is 4. The van der Waals surface area contributed by atoms with Crippen LogP contribution in [0.2, 0.25) is 51.4 Å². The van der Waals surface area contributed by atoms with E-state index < -0.39 is 28.0 Å². The van der Waals surface area contributed by atoms with E-state index in [0.717, 1.165) is 12.1 Å². The second kappa shape index (κ2) is 19.1. The first kappa shape index (κ1) is 43.5. The standard InChI is InChI=1S/C33H46N6O6S6Si2/c1-52(2,3)20-18-48-30-22(28(42)36-14-16-50-32(36)46)8-10-24(38(30)44)26(40)34-12-7-13-35-27(41)25-11-9-23(29(43)37-15-17-51-33(37)47)31(39(25)45)49-19-21-53(4,5)6/h8-11H,7,12-21H2,1-6H3,(H,34,40)(H,35,41). The van der Waals surface area contributed by atoms with Crippen molar-refractivity contribution in [2.75, 3.05) is 49.2 Å². The van der Waals surface area contributed by atoms with E-state index in [1.54, 1.807) is 0 Å². The van der Waals surface area contributed by atoms with Gasteiger partial charge in [0.2, 0.25) is 0 Å². The van der Waals surface area contributed by atoms with Crippen LogP contribution in [0.15, 0.2) is 34.3 Å². The van der Waals surface area contributed by atoms with Gasteiger partial charge in [0, 0.05) is 77.5 Å². The molecule has 0 aliphatic carbocycles. The van der Waals surface area contributed by atoms with E-state index in [1.807, 2.05) is 0 Å². The van der Waals surface area contributed by atoms with Crippen LogP contribution in [0, 0.1) is 10.4 Å². The van der Waals surface area contributed by atoms with Gasteiger partial charge in [0.25, 0.3) is 33.3 Å². The number of aromatic nitrogens is 2. The zero-order valence-electron chi connectivity index (χ0n) is 30.8. The molecule has 4 amide bonds. The van der Waals surface area contributed by atoms with Crippen LogP contribution >= 0.6 is 71.5 Å². The number of carbonyl (C=O) groups is 4. The average Bonchev–Trinajstić information content (AvgIpc) is 3.71. The number of carbonyl (C=O) groups excluding carboxylic acids is 4. The number of thiocarbonyl (C=S) groups is 2. The topological polar surface area (TPSA) is 153 Å². The highest BCUT2D eigenvalue weighted by Gasteiger charge is 2.34. The van der Waals surface area contributed by atoms with Gasteiger partial charge in [0.1, 0.15) is 19.8 Å². The number of thioether (sulfide) groups is 4. The summed E-state index contributed by atoms with van der Waals surface area (Å²) < 4.78 is 2.00. The Bertz CT molecular complexity index is 1650. The first-order valence-electron chi connectivity index (χ1n) is 17.2. The summed E-state index contributed by atoms with van der Waals surface area (Å²) >= 11 is 16.1. The van der Waals surface area contributed by atoms with Crippen molar-refractivity contribution < 1.29 is 28.6 Å². The summed E-state index contributed by atoms with van der Waals surface area (Å²) in [6.07, 6.45) is 0.312. The van der Waals surface area contributed by atoms with E-state index >= 15 is 0 Å². The maximum Gasteiger partial charge on any atom is 0.317 e. The SMILES string of the molecule is C[Si](C)(C)CCSc1c(C(=O)N2CCSC2=S)ccc(C(=O)NCCCNC(=O)c2ccc(C(=O)N3CCSC3=S)c(SCC[Si](C)(C)C)[n+]2[O-])[n+]1[O-]. The van der Waals surface area contributed by atoms with Crippen molar-refractivity contribution >= 4 is 120 Å². The lowest BCUT2D eigenvalue weighted by atomic mass is 10.2. The highest BCUT2D eigenvalue weighted by molar-refractivity contribution is 8.23. The van der Waals surface area contributed by atoms with Crippen LogP contribution in [0.5, 0.6) is 0 Å². The molecule has 0 atom stereocenters. The van der Waals surface area contributed by atoms with Crippen LogP contribution in [0.4, 0.5) is 0 Å². The zero-order valence-corrected chi connectivity index (χ0v) is 37.7. The predicted molar refractivity (Wildman–Crippen MR) is 230 cm³/mol. The molecule has 0 radical (unpaired) electrons. The molecule has 2 aliphatic heterocycles. The van der Waals surface area contributed by atoms with Crippen molar-refractivity contribution in [3.05, 3.63) is 57.2 Å². The largest absolute Gasteiger partial charge is 0.617 e. The van der Waals surface area contributed by atoms with E-state index in [0.29, 0.717) is 60.6 Å². The van der Waals surface area contributed by atoms with Gasteiger partial charge in [0.05, 0.1) is 0 Å². The van der Waals surface area contributed by atoms with Crippen LogP contribution in [-0.4, -0.2) is 107 Å². The molecular weight excluding hydrogens is 825 g/mol. The van der Waals surface area contributed by atoms with Gasteiger partial charge >= 0.3 is 11.8 Å². The monoisotopic (exact) mass is 870 g/mol. The van der Waals surface area contributed by atoms with Crippen molar-refractivity contribution in [3.63, 3.8) is 0 Å². The highest BCUT2D eigenvalue weighted by Crippen LogP contribution is 2.29. The minimum atomic E-state index is -1.43. The third-order valence-corrected chi connectivity index (χ3v) is 17.3. The molecule has 0 spiro atoms. The van der Waals surface area contributed by atoms with Crippen LogP contribution in [0.3, 0.4) is 0 Å². The first-order valence-corrected chi connectivity index (χ1v) is 29.4. The lowest BCUT2D eigenvalue weighted by Gasteiger charge is -2.19. The van der Waals surface area contributed by atoms with Gasteiger partial charge in [-0.1, -0.05) is 111 Å². The molecule has 288 valence electrons. The van der Waals surface area contributed by atoms with Crippen LogP contribution in [0.25, 0.3) is 0 Å². The van der Waals surface area contributed by atoms with Crippen molar-refractivity contribution in [2.24, 2.45) is 0 Å². The molecule has 2 N–H and O–H groups in total. The van der Waals surface area contributed by atoms with Crippen LogP contribution in [-0.2, 0) is 0 Å². The number of nitrogens with one attached hydrogen (secondary N) is 2. The Balaban J connectivity index is 1.40. The van der Waals surface area contributed by atoms with Gasteiger partial charge in [-0.05, 0) is 30.6 Å². The van der Waals surface area contributed by atoms with E-state index in [1.165, 1.54) is 81.1 Å². The average molecular weight is 871 g/mol. The maximum atomic E-state index is 13.6. The van der Waals surface area contributed by atoms with E-state index in [2.05, 4.69) is 49.9 Å². The molecule has 2 fully saturated rings. The third kappa shape index (κ3) is 11.9. The maximum absolute atomic E-state index is 13.6. The summed E-state index contributed by atoms with van der Waals surface area (Å²) in [6.45, 7) is 14.6. The smallest absolute Gasteiger partial charge is 0.317 e. The molecule has 0 bridgehead atoms. The number of rotatable bonds is 16. The van der Waals surface area contributed by atoms with E-state index in [9.17, 15) is 29.6 Å². The fourth-order valence-corrected chi connectivity index (χ4v) is 14.6. The normalized spacial score (nSPS) is 14.9. The molecule has 2 aromatic heterocycles. The second-order valence-corrected chi connectivity index (χ2v) is 31.7. The summed E-state index contributed by atoms with van der Waals surface area (Å²) in [7, 11) is -2.87. The molecule has 20 heteroatoms. The summed E-state index contributed by atoms with van der Waals surface area (Å²) in [5, 5.41) is 32.9. The summed E-state index contributed by atoms with van der Waals surface area (Å²) in [6, 6.07) is 7.57. The molecule has 4 heterocycles. The Labute approximate surface area is 340 Å². The fraction of sp³-hybridized carbons (Fsp3) is 0.515. The van der Waals surface area contributed by atoms with Gasteiger partial charge in [-0.2, -0.15) is 9.46 Å². The Kier molecular flexibility index (Phi) is 15.7. The van der Waals surface area contributed by atoms with Crippen LogP contribution in [0.1, 0.15) is 48.1 Å². The number of hydrogen-bond acceptors (Lipinski definition) is 12. The number of pyridine rings is 2. The summed E-state index contributed by atoms with van der Waals surface area (Å²) in [5.41, 5.74) is 0.144. The van der Waals surface area contributed by atoms with Crippen LogP contribution < -0.4 is 20.1 Å². The predicted octanol–water partition coefficient (Wildman–Crippen LogP) is 5.31. The Morgan fingerprint density at radius 1 is 0.717 bits per heavy atom. The van der Waals surface area contributed by atoms with Crippen molar-refractivity contribution in [1.29, 1.82) is 0 Å². The Morgan fingerprint density at radius 2 is 1.09 bits per heavy atom. The molecule has 0 unspecified atom stereocenters. The summed E-state index contributed by atoms with van der Waals surface area (Å²) in [5.74, 6) is 0.724. The number of amides is 4. The van der Waals surface area contributed by atoms with Crippen molar-refractivity contribution in [3.8, 4) is 0 Å². The molecule has 12 nitrogen and oxygen atoms in total. The lowest BCUT2D eigenvalue weighted by molar-refractivity contribution is -0.647. The second-order valence-electron chi connectivity index (χ2n) is 14.8. The van der Waals surface area contributed by atoms with Gasteiger partial charge < -0.3 is 21.0 Å². The molecule has 2 aliphatic rings. The van der Waals surface area contributed by atoms with E-state index in [4.69, 9.17) is 24.4 Å². The molecule has 0 saturated carbocycles. The Hall–Kier alpha value is -2.21. The van der Waals surface area contributed by atoms with Gasteiger partial charge in [-0.3, -0.25) is 29.0 Å². The molecular formula is C33H46N6O6S6Si2. The van der Waals surface area contributed by atoms with E-state index in [-0.39, 0.29) is 57.5 Å². The minimum Gasteiger partial charge on any atom is -0.617 e. The molecule has 2 aromatic rings. The lowest BCUT2D eigenvalue weighted by Crippen LogP contribution is -2.45. The summed E-state index contributed by atoms with van der Waals surface area (Å²) in [4.78, 5) is 56.1. The fourth-order valence-electron chi connectivity index (χ4n) is 5.00. The minimum absolute atomic E-state index is 0.132. The van der Waals surface area contributed by atoms with Gasteiger partial charge in [0.15, 0.2) is 0 Å². The van der Waals surface area contributed by atoms with Crippen molar-refractivity contribution in [1.82, 2.24) is 20.4 Å². The highest BCUT2D eigenvalue weighted by atomic mass is 32.2. The number of hydrogen-bond donors (Lipinski definition) is 2. The third-order valence-electron chi connectivity index (χ3n) is 8.13. The zero-order chi connectivity index (χ0) is 39.1. The van der Waals surface area contributed by atoms with Gasteiger partial charge in [-0.25, -0.2) is 0 Å². The quantitative estimate of drug-likeness (QED) is 0.0562.